The van der Waals surface area contributed by atoms with Crippen LogP contribution in [0.1, 0.15) is 15.9 Å². The Bertz CT molecular complexity index is 440. The van der Waals surface area contributed by atoms with E-state index >= 15 is 0 Å². The Morgan fingerprint density at radius 3 is 3.06 bits per heavy atom. The second-order valence-electron chi connectivity index (χ2n) is 3.50. The predicted molar refractivity (Wildman–Crippen MR) is 77.4 cm³/mol. The largest absolute Gasteiger partial charge is 0.351 e. The second kappa shape index (κ2) is 7.41. The molecule has 0 spiro atoms. The van der Waals surface area contributed by atoms with E-state index in [9.17, 15) is 4.79 Å². The van der Waals surface area contributed by atoms with Gasteiger partial charge in [-0.2, -0.15) is 0 Å². The Morgan fingerprint density at radius 1 is 1.59 bits per heavy atom. The minimum atomic E-state index is -0.0538. The van der Waals surface area contributed by atoms with Gasteiger partial charge >= 0.3 is 0 Å². The van der Waals surface area contributed by atoms with Crippen molar-refractivity contribution in [2.45, 2.75) is 6.92 Å². The van der Waals surface area contributed by atoms with Crippen molar-refractivity contribution < 1.29 is 4.79 Å². The lowest BCUT2D eigenvalue weighted by molar-refractivity contribution is 0.0955. The lowest BCUT2D eigenvalue weighted by Crippen LogP contribution is -2.26. The number of nitrogens with one attached hydrogen (secondary N) is 1. The van der Waals surface area contributed by atoms with Crippen molar-refractivity contribution >= 4 is 33.6 Å². The molecule has 0 aliphatic heterocycles. The molecule has 4 heteroatoms. The van der Waals surface area contributed by atoms with Gasteiger partial charge < -0.3 is 5.32 Å². The molecule has 1 N–H and O–H groups in total. The molecule has 0 fully saturated rings. The van der Waals surface area contributed by atoms with Crippen LogP contribution in [-0.4, -0.2) is 24.0 Å². The van der Waals surface area contributed by atoms with Gasteiger partial charge in [-0.3, -0.25) is 4.79 Å². The van der Waals surface area contributed by atoms with Crippen molar-refractivity contribution in [3.8, 4) is 12.3 Å². The molecular formula is C13H14BrNOS. The second-order valence-corrected chi connectivity index (χ2v) is 5.46. The third-order valence-electron chi connectivity index (χ3n) is 2.08. The number of terminal acetylenes is 1. The van der Waals surface area contributed by atoms with Crippen molar-refractivity contribution in [1.82, 2.24) is 5.32 Å². The number of benzene rings is 1. The van der Waals surface area contributed by atoms with Crippen LogP contribution < -0.4 is 5.32 Å². The van der Waals surface area contributed by atoms with E-state index in [1.54, 1.807) is 11.8 Å². The SMILES string of the molecule is C#CCSCCNC(=O)c1cc(C)ccc1Br. The summed E-state index contributed by atoms with van der Waals surface area (Å²) in [5, 5.41) is 2.87. The number of hydrogen-bond donors (Lipinski definition) is 1. The molecule has 1 aromatic rings. The highest BCUT2D eigenvalue weighted by atomic mass is 79.9. The van der Waals surface area contributed by atoms with Crippen molar-refractivity contribution in [2.24, 2.45) is 0 Å². The summed E-state index contributed by atoms with van der Waals surface area (Å²) in [5.41, 5.74) is 1.74. The van der Waals surface area contributed by atoms with E-state index in [1.165, 1.54) is 0 Å². The minimum Gasteiger partial charge on any atom is -0.351 e. The van der Waals surface area contributed by atoms with Crippen LogP contribution in [0.5, 0.6) is 0 Å². The highest BCUT2D eigenvalue weighted by Crippen LogP contribution is 2.17. The minimum absolute atomic E-state index is 0.0538. The molecule has 0 bridgehead atoms. The molecule has 1 amide bonds. The summed E-state index contributed by atoms with van der Waals surface area (Å²) in [6.45, 7) is 2.59. The van der Waals surface area contributed by atoms with Crippen molar-refractivity contribution in [1.29, 1.82) is 0 Å². The number of carbonyl (C=O) groups is 1. The van der Waals surface area contributed by atoms with Crippen LogP contribution in [0.3, 0.4) is 0 Å². The maximum absolute atomic E-state index is 11.9. The molecule has 0 radical (unpaired) electrons. The van der Waals surface area contributed by atoms with Gasteiger partial charge in [0, 0.05) is 16.8 Å². The molecule has 0 saturated heterocycles. The maximum atomic E-state index is 11.9. The summed E-state index contributed by atoms with van der Waals surface area (Å²) in [4.78, 5) is 11.9. The van der Waals surface area contributed by atoms with E-state index in [4.69, 9.17) is 6.42 Å². The summed E-state index contributed by atoms with van der Waals surface area (Å²) < 4.78 is 0.817. The Morgan fingerprint density at radius 2 is 2.35 bits per heavy atom. The molecule has 0 heterocycles. The Balaban J connectivity index is 2.47. The fraction of sp³-hybridized carbons (Fsp3) is 0.308. The number of aryl methyl sites for hydroxylation is 1. The zero-order chi connectivity index (χ0) is 12.7. The maximum Gasteiger partial charge on any atom is 0.252 e. The van der Waals surface area contributed by atoms with Gasteiger partial charge in [0.1, 0.15) is 0 Å². The summed E-state index contributed by atoms with van der Waals surface area (Å²) in [6, 6.07) is 5.72. The van der Waals surface area contributed by atoms with E-state index in [0.29, 0.717) is 17.9 Å². The van der Waals surface area contributed by atoms with Gasteiger partial charge in [0.2, 0.25) is 0 Å². The quantitative estimate of drug-likeness (QED) is 0.669. The third-order valence-corrected chi connectivity index (χ3v) is 3.64. The monoisotopic (exact) mass is 311 g/mol. The number of rotatable bonds is 5. The van der Waals surface area contributed by atoms with Gasteiger partial charge in [0.15, 0.2) is 0 Å². The van der Waals surface area contributed by atoms with E-state index in [2.05, 4.69) is 27.2 Å². The summed E-state index contributed by atoms with van der Waals surface area (Å²) in [7, 11) is 0. The molecule has 0 aromatic heterocycles. The van der Waals surface area contributed by atoms with Gasteiger partial charge in [0.05, 0.1) is 11.3 Å². The lowest BCUT2D eigenvalue weighted by atomic mass is 10.1. The molecule has 17 heavy (non-hydrogen) atoms. The Labute approximate surface area is 115 Å². The molecule has 0 aliphatic rings. The van der Waals surface area contributed by atoms with E-state index in [0.717, 1.165) is 15.8 Å². The molecule has 0 unspecified atom stereocenters. The predicted octanol–water partition coefficient (Wildman–Crippen LogP) is 2.85. The van der Waals surface area contributed by atoms with Gasteiger partial charge in [0.25, 0.3) is 5.91 Å². The van der Waals surface area contributed by atoms with Crippen molar-refractivity contribution in [2.75, 3.05) is 18.1 Å². The van der Waals surface area contributed by atoms with Crippen LogP contribution in [0.15, 0.2) is 22.7 Å². The van der Waals surface area contributed by atoms with Crippen LogP contribution in [-0.2, 0) is 0 Å². The first-order valence-electron chi connectivity index (χ1n) is 5.20. The smallest absolute Gasteiger partial charge is 0.252 e. The van der Waals surface area contributed by atoms with Crippen LogP contribution >= 0.6 is 27.7 Å². The average Bonchev–Trinajstić information content (AvgIpc) is 2.32. The molecular weight excluding hydrogens is 298 g/mol. The topological polar surface area (TPSA) is 29.1 Å². The van der Waals surface area contributed by atoms with Crippen LogP contribution in [0.25, 0.3) is 0 Å². The highest BCUT2D eigenvalue weighted by Gasteiger charge is 2.09. The molecule has 1 aromatic carbocycles. The van der Waals surface area contributed by atoms with Gasteiger partial charge in [-0.25, -0.2) is 0 Å². The lowest BCUT2D eigenvalue weighted by Gasteiger charge is -2.07. The average molecular weight is 312 g/mol. The zero-order valence-corrected chi connectivity index (χ0v) is 12.0. The van der Waals surface area contributed by atoms with Crippen molar-refractivity contribution in [3.05, 3.63) is 33.8 Å². The standard InChI is InChI=1S/C13H14BrNOS/c1-3-7-17-8-6-15-13(16)11-9-10(2)4-5-12(11)14/h1,4-5,9H,6-8H2,2H3,(H,15,16). The number of amides is 1. The van der Waals surface area contributed by atoms with E-state index in [1.807, 2.05) is 25.1 Å². The fourth-order valence-corrected chi connectivity index (χ4v) is 2.21. The summed E-state index contributed by atoms with van der Waals surface area (Å²) >= 11 is 5.01. The summed E-state index contributed by atoms with van der Waals surface area (Å²) in [6.07, 6.45) is 5.13. The van der Waals surface area contributed by atoms with Crippen LogP contribution in [0.4, 0.5) is 0 Å². The number of thioether (sulfide) groups is 1. The molecule has 1 rings (SSSR count). The Kier molecular flexibility index (Phi) is 6.17. The molecule has 0 atom stereocenters. The van der Waals surface area contributed by atoms with Crippen LogP contribution in [0, 0.1) is 19.3 Å². The number of hydrogen-bond acceptors (Lipinski definition) is 2. The normalized spacial score (nSPS) is 9.71. The van der Waals surface area contributed by atoms with E-state index in [-0.39, 0.29) is 5.91 Å². The van der Waals surface area contributed by atoms with Gasteiger partial charge in [-0.1, -0.05) is 17.6 Å². The summed E-state index contributed by atoms with van der Waals surface area (Å²) in [5.74, 6) is 4.01. The van der Waals surface area contributed by atoms with Gasteiger partial charge in [-0.05, 0) is 35.0 Å². The van der Waals surface area contributed by atoms with Crippen LogP contribution in [0.2, 0.25) is 0 Å². The number of carbonyl (C=O) groups excluding carboxylic acids is 1. The molecule has 0 saturated carbocycles. The fourth-order valence-electron chi connectivity index (χ4n) is 1.28. The molecule has 0 aliphatic carbocycles. The Hall–Kier alpha value is -0.920. The first-order valence-corrected chi connectivity index (χ1v) is 7.15. The number of halogens is 1. The van der Waals surface area contributed by atoms with Crippen molar-refractivity contribution in [3.63, 3.8) is 0 Å². The molecule has 2 nitrogen and oxygen atoms in total. The first kappa shape index (κ1) is 14.1. The van der Waals surface area contributed by atoms with Gasteiger partial charge in [-0.15, -0.1) is 18.2 Å². The highest BCUT2D eigenvalue weighted by molar-refractivity contribution is 9.10. The van der Waals surface area contributed by atoms with E-state index < -0.39 is 0 Å². The molecule has 90 valence electrons. The third kappa shape index (κ3) is 4.84. The first-order chi connectivity index (χ1) is 8.15. The zero-order valence-electron chi connectivity index (χ0n) is 9.63.